The number of rotatable bonds is 6. The van der Waals surface area contributed by atoms with Gasteiger partial charge in [-0.1, -0.05) is 30.3 Å². The molecule has 0 aliphatic heterocycles. The lowest BCUT2D eigenvalue weighted by Gasteiger charge is -2.15. The third-order valence-electron chi connectivity index (χ3n) is 3.56. The molecule has 5 heteroatoms. The second-order valence-electron chi connectivity index (χ2n) is 6.07. The van der Waals surface area contributed by atoms with Crippen LogP contribution in [0.3, 0.4) is 0 Å². The van der Waals surface area contributed by atoms with Crippen LogP contribution in [-0.4, -0.2) is 17.0 Å². The smallest absolute Gasteiger partial charge is 0.257 e. The normalized spacial score (nSPS) is 10.4. The van der Waals surface area contributed by atoms with Crippen LogP contribution in [0, 0.1) is 0 Å². The largest absolute Gasteiger partial charge is 0.489 e. The monoisotopic (exact) mass is 347 g/mol. The highest BCUT2D eigenvalue weighted by Gasteiger charge is 2.09. The molecule has 0 aliphatic carbocycles. The molecule has 3 rings (SSSR count). The minimum absolute atomic E-state index is 0.0686. The molecule has 132 valence electrons. The summed E-state index contributed by atoms with van der Waals surface area (Å²) in [4.78, 5) is 16.6. The van der Waals surface area contributed by atoms with Crippen LogP contribution in [0.15, 0.2) is 73.1 Å². The molecule has 0 saturated heterocycles. The lowest BCUT2D eigenvalue weighted by atomic mass is 10.2. The maximum atomic E-state index is 12.4. The van der Waals surface area contributed by atoms with Crippen LogP contribution in [0.1, 0.15) is 24.2 Å². The van der Waals surface area contributed by atoms with E-state index in [4.69, 9.17) is 4.74 Å². The molecule has 1 amide bonds. The Morgan fingerprint density at radius 1 is 0.962 bits per heavy atom. The van der Waals surface area contributed by atoms with Gasteiger partial charge in [0.25, 0.3) is 5.91 Å². The molecular formula is C21H21N3O2. The summed E-state index contributed by atoms with van der Waals surface area (Å²) in [6, 6.07) is 18.8. The molecule has 1 aromatic heterocycles. The molecule has 2 N–H and O–H groups in total. The SMILES string of the molecule is CC(C)Oc1ccccc1Nc1cncc(C(=O)Nc2ccccc2)c1. The summed E-state index contributed by atoms with van der Waals surface area (Å²) in [6.45, 7) is 3.96. The summed E-state index contributed by atoms with van der Waals surface area (Å²) in [5.41, 5.74) is 2.75. The van der Waals surface area contributed by atoms with E-state index in [9.17, 15) is 4.79 Å². The van der Waals surface area contributed by atoms with Gasteiger partial charge in [0.05, 0.1) is 29.2 Å². The summed E-state index contributed by atoms with van der Waals surface area (Å²) in [6.07, 6.45) is 3.28. The van der Waals surface area contributed by atoms with Gasteiger partial charge in [0, 0.05) is 11.9 Å². The number of nitrogens with zero attached hydrogens (tertiary/aromatic N) is 1. The summed E-state index contributed by atoms with van der Waals surface area (Å²) >= 11 is 0. The van der Waals surface area contributed by atoms with Crippen molar-refractivity contribution in [1.82, 2.24) is 4.98 Å². The zero-order valence-electron chi connectivity index (χ0n) is 14.8. The number of hydrogen-bond acceptors (Lipinski definition) is 4. The van der Waals surface area contributed by atoms with Crippen molar-refractivity contribution in [3.8, 4) is 5.75 Å². The first kappa shape index (κ1) is 17.5. The Bertz CT molecular complexity index is 879. The van der Waals surface area contributed by atoms with Crippen LogP contribution in [0.25, 0.3) is 0 Å². The summed E-state index contributed by atoms with van der Waals surface area (Å²) in [5, 5.41) is 6.12. The van der Waals surface area contributed by atoms with Crippen molar-refractivity contribution in [1.29, 1.82) is 0 Å². The zero-order chi connectivity index (χ0) is 18.4. The molecule has 2 aromatic carbocycles. The lowest BCUT2D eigenvalue weighted by molar-refractivity contribution is 0.102. The molecular weight excluding hydrogens is 326 g/mol. The van der Waals surface area contributed by atoms with Crippen molar-refractivity contribution in [2.24, 2.45) is 0 Å². The van der Waals surface area contributed by atoms with Crippen LogP contribution < -0.4 is 15.4 Å². The van der Waals surface area contributed by atoms with Gasteiger partial charge in [-0.25, -0.2) is 0 Å². The standard InChI is InChI=1S/C21H21N3O2/c1-15(2)26-20-11-7-6-10-19(20)23-18-12-16(13-22-14-18)21(25)24-17-8-4-3-5-9-17/h3-15,23H,1-2H3,(H,24,25). The molecule has 0 aliphatic rings. The predicted molar refractivity (Wildman–Crippen MR) is 104 cm³/mol. The maximum Gasteiger partial charge on any atom is 0.257 e. The van der Waals surface area contributed by atoms with E-state index in [0.29, 0.717) is 11.3 Å². The molecule has 0 atom stereocenters. The van der Waals surface area contributed by atoms with Gasteiger partial charge in [-0.05, 0) is 44.2 Å². The highest BCUT2D eigenvalue weighted by molar-refractivity contribution is 6.04. The molecule has 0 spiro atoms. The Kier molecular flexibility index (Phi) is 5.49. The molecule has 0 unspecified atom stereocenters. The number of anilines is 3. The van der Waals surface area contributed by atoms with Gasteiger partial charge in [-0.15, -0.1) is 0 Å². The molecule has 1 heterocycles. The number of benzene rings is 2. The van der Waals surface area contributed by atoms with Gasteiger partial charge in [-0.2, -0.15) is 0 Å². The number of pyridine rings is 1. The van der Waals surface area contributed by atoms with E-state index in [1.807, 2.05) is 68.4 Å². The molecule has 5 nitrogen and oxygen atoms in total. The number of aromatic nitrogens is 1. The quantitative estimate of drug-likeness (QED) is 0.668. The van der Waals surface area contributed by atoms with Gasteiger partial charge < -0.3 is 15.4 Å². The Labute approximate surface area is 153 Å². The van der Waals surface area contributed by atoms with Crippen LogP contribution in [-0.2, 0) is 0 Å². The van der Waals surface area contributed by atoms with E-state index in [0.717, 1.165) is 17.1 Å². The van der Waals surface area contributed by atoms with Crippen molar-refractivity contribution in [3.05, 3.63) is 78.6 Å². The van der Waals surface area contributed by atoms with Gasteiger partial charge in [-0.3, -0.25) is 9.78 Å². The fourth-order valence-electron chi connectivity index (χ4n) is 2.44. The van der Waals surface area contributed by atoms with Crippen molar-refractivity contribution in [3.63, 3.8) is 0 Å². The summed E-state index contributed by atoms with van der Waals surface area (Å²) in [5.74, 6) is 0.542. The lowest BCUT2D eigenvalue weighted by Crippen LogP contribution is -2.12. The van der Waals surface area contributed by atoms with E-state index in [2.05, 4.69) is 15.6 Å². The Hall–Kier alpha value is -3.34. The van der Waals surface area contributed by atoms with Crippen molar-refractivity contribution in [2.75, 3.05) is 10.6 Å². The molecule has 0 bridgehead atoms. The number of ether oxygens (including phenoxy) is 1. The van der Waals surface area contributed by atoms with E-state index in [1.54, 1.807) is 18.5 Å². The minimum atomic E-state index is -0.209. The first-order valence-electron chi connectivity index (χ1n) is 8.46. The average Bonchev–Trinajstić information content (AvgIpc) is 2.64. The topological polar surface area (TPSA) is 63.2 Å². The van der Waals surface area contributed by atoms with E-state index >= 15 is 0 Å². The highest BCUT2D eigenvalue weighted by Crippen LogP contribution is 2.28. The average molecular weight is 347 g/mol. The van der Waals surface area contributed by atoms with Gasteiger partial charge in [0.2, 0.25) is 0 Å². The number of amides is 1. The van der Waals surface area contributed by atoms with Crippen molar-refractivity contribution >= 4 is 23.0 Å². The second kappa shape index (κ2) is 8.16. The third kappa shape index (κ3) is 4.60. The number of nitrogens with one attached hydrogen (secondary N) is 2. The van der Waals surface area contributed by atoms with Crippen LogP contribution in [0.2, 0.25) is 0 Å². The fourth-order valence-corrected chi connectivity index (χ4v) is 2.44. The van der Waals surface area contributed by atoms with E-state index in [-0.39, 0.29) is 12.0 Å². The highest BCUT2D eigenvalue weighted by atomic mass is 16.5. The van der Waals surface area contributed by atoms with Crippen LogP contribution in [0.5, 0.6) is 5.75 Å². The molecule has 0 radical (unpaired) electrons. The number of carbonyl (C=O) groups excluding carboxylic acids is 1. The Balaban J connectivity index is 1.77. The van der Waals surface area contributed by atoms with Crippen molar-refractivity contribution < 1.29 is 9.53 Å². The molecule has 3 aromatic rings. The van der Waals surface area contributed by atoms with E-state index in [1.165, 1.54) is 0 Å². The van der Waals surface area contributed by atoms with E-state index < -0.39 is 0 Å². The third-order valence-corrected chi connectivity index (χ3v) is 3.56. The Morgan fingerprint density at radius 2 is 1.69 bits per heavy atom. The molecule has 0 fully saturated rings. The predicted octanol–water partition coefficient (Wildman–Crippen LogP) is 4.86. The maximum absolute atomic E-state index is 12.4. The van der Waals surface area contributed by atoms with Crippen molar-refractivity contribution in [2.45, 2.75) is 20.0 Å². The van der Waals surface area contributed by atoms with Crippen LogP contribution >= 0.6 is 0 Å². The first-order valence-corrected chi connectivity index (χ1v) is 8.46. The van der Waals surface area contributed by atoms with Gasteiger partial charge >= 0.3 is 0 Å². The first-order chi connectivity index (χ1) is 12.6. The van der Waals surface area contributed by atoms with Gasteiger partial charge in [0.15, 0.2) is 0 Å². The molecule has 0 saturated carbocycles. The minimum Gasteiger partial charge on any atom is -0.489 e. The molecule has 26 heavy (non-hydrogen) atoms. The number of hydrogen-bond donors (Lipinski definition) is 2. The van der Waals surface area contributed by atoms with Gasteiger partial charge in [0.1, 0.15) is 5.75 Å². The number of para-hydroxylation sites is 3. The zero-order valence-corrected chi connectivity index (χ0v) is 14.8. The Morgan fingerprint density at radius 3 is 2.46 bits per heavy atom. The second-order valence-corrected chi connectivity index (χ2v) is 6.07. The van der Waals surface area contributed by atoms with Crippen LogP contribution in [0.4, 0.5) is 17.1 Å². The summed E-state index contributed by atoms with van der Waals surface area (Å²) in [7, 11) is 0. The summed E-state index contributed by atoms with van der Waals surface area (Å²) < 4.78 is 5.81. The fraction of sp³-hybridized carbons (Fsp3) is 0.143. The number of carbonyl (C=O) groups is 1.